The minimum atomic E-state index is -0.339. The Morgan fingerprint density at radius 2 is 0.821 bits per heavy atom. The Hall–Kier alpha value is -11.0. The smallest absolute Gasteiger partial charge is 0.255 e. The lowest BCUT2D eigenvalue weighted by molar-refractivity contribution is -0.130. The fraction of sp³-hybridized carbons (Fsp3) is 0.453. The predicted octanol–water partition coefficient (Wildman–Crippen LogP) is 10.6. The number of anilines is 4. The highest BCUT2D eigenvalue weighted by Gasteiger charge is 2.42. The zero-order valence-corrected chi connectivity index (χ0v) is 66.8. The Bertz CT molecular complexity index is 4830. The molecule has 0 radical (unpaired) electrons. The van der Waals surface area contributed by atoms with Gasteiger partial charge in [-0.05, 0) is 167 Å². The van der Waals surface area contributed by atoms with Crippen LogP contribution in [0, 0.1) is 11.3 Å². The number of aromatic nitrogens is 4. The van der Waals surface area contributed by atoms with Gasteiger partial charge in [0.05, 0.1) is 74.7 Å². The summed E-state index contributed by atoms with van der Waals surface area (Å²) in [6, 6.07) is 36.1. The first-order valence-corrected chi connectivity index (χ1v) is 39.3. The zero-order valence-electron chi connectivity index (χ0n) is 66.0. The van der Waals surface area contributed by atoms with Gasteiger partial charge in [0.25, 0.3) is 23.6 Å². The number of likely N-dealkylation sites (tertiary alicyclic amines) is 5. The average molecular weight is 1540 g/mol. The Morgan fingerprint density at radius 3 is 1.20 bits per heavy atom. The molecule has 7 atom stereocenters. The summed E-state index contributed by atoms with van der Waals surface area (Å²) in [5.41, 5.74) is 9.91. The first-order valence-electron chi connectivity index (χ1n) is 38.9. The largest absolute Gasteiger partial charge is 0.365 e. The molecule has 0 aliphatic carbocycles. The Morgan fingerprint density at radius 1 is 0.464 bits per heavy atom. The first-order chi connectivity index (χ1) is 53.4. The number of nitriles is 1. The topological polar surface area (TPSA) is 286 Å². The number of hydrogen-bond donors (Lipinski definition) is 4. The quantitative estimate of drug-likeness (QED) is 0.0936. The Labute approximate surface area is 660 Å². The summed E-state index contributed by atoms with van der Waals surface area (Å²) < 4.78 is 0. The van der Waals surface area contributed by atoms with Crippen molar-refractivity contribution in [2.24, 2.45) is 0 Å². The number of likely N-dealkylation sites (N-methyl/N-ethyl adjacent to an activating group) is 3. The monoisotopic (exact) mass is 1540 g/mol. The van der Waals surface area contributed by atoms with Gasteiger partial charge in [0.2, 0.25) is 23.6 Å². The van der Waals surface area contributed by atoms with Crippen LogP contribution in [0.25, 0.3) is 0 Å². The molecule has 26 heteroatoms. The van der Waals surface area contributed by atoms with Crippen LogP contribution in [-0.4, -0.2) is 216 Å². The molecule has 4 aromatic heterocycles. The van der Waals surface area contributed by atoms with E-state index in [1.165, 1.54) is 5.56 Å². The number of hydrogen-bond acceptors (Lipinski definition) is 17. The molecule has 112 heavy (non-hydrogen) atoms. The number of aryl methyl sites for hydroxylation is 1. The fourth-order valence-corrected chi connectivity index (χ4v) is 17.1. The number of benzene rings is 3. The third-order valence-corrected chi connectivity index (χ3v) is 24.4. The van der Waals surface area contributed by atoms with Gasteiger partial charge in [-0.25, -0.2) is 19.9 Å². The molecule has 0 spiro atoms. The maximum absolute atomic E-state index is 13.1. The molecule has 5 fully saturated rings. The van der Waals surface area contributed by atoms with Crippen LogP contribution < -0.4 is 21.3 Å². The van der Waals surface area contributed by atoms with Gasteiger partial charge in [-0.1, -0.05) is 66.2 Å². The number of carbonyl (C=O) groups excluding carboxylic acids is 8. The second kappa shape index (κ2) is 32.4. The van der Waals surface area contributed by atoms with Crippen LogP contribution in [0.1, 0.15) is 186 Å². The molecule has 0 saturated carbocycles. The van der Waals surface area contributed by atoms with Crippen molar-refractivity contribution in [3.05, 3.63) is 200 Å². The molecule has 25 nitrogen and oxygen atoms in total. The van der Waals surface area contributed by atoms with Crippen LogP contribution in [0.5, 0.6) is 0 Å². The maximum Gasteiger partial charge on any atom is 0.255 e. The van der Waals surface area contributed by atoms with Gasteiger partial charge in [0.1, 0.15) is 23.3 Å². The summed E-state index contributed by atoms with van der Waals surface area (Å²) >= 11 is 6.03. The predicted molar refractivity (Wildman–Crippen MR) is 430 cm³/mol. The van der Waals surface area contributed by atoms with Gasteiger partial charge in [0.15, 0.2) is 0 Å². The number of nitrogens with one attached hydrogen (secondary N) is 4. The molecule has 13 heterocycles. The molecule has 9 aliphatic heterocycles. The van der Waals surface area contributed by atoms with Crippen LogP contribution in [-0.2, 0) is 61.5 Å². The van der Waals surface area contributed by atoms with Gasteiger partial charge < -0.3 is 60.5 Å². The molecule has 3 aromatic carbocycles. The zero-order chi connectivity index (χ0) is 79.7. The summed E-state index contributed by atoms with van der Waals surface area (Å²) in [5, 5.41) is 23.6. The van der Waals surface area contributed by atoms with E-state index >= 15 is 0 Å². The fourth-order valence-electron chi connectivity index (χ4n) is 17.0. The van der Waals surface area contributed by atoms with Crippen molar-refractivity contribution >= 4 is 82.1 Å². The van der Waals surface area contributed by atoms with Crippen molar-refractivity contribution in [3.63, 3.8) is 0 Å². The summed E-state index contributed by atoms with van der Waals surface area (Å²) in [7, 11) is 5.39. The molecule has 8 amide bonds. The van der Waals surface area contributed by atoms with Crippen LogP contribution in [0.3, 0.4) is 0 Å². The first kappa shape index (κ1) is 79.1. The number of carbonyl (C=O) groups is 8. The van der Waals surface area contributed by atoms with E-state index in [4.69, 9.17) is 16.9 Å². The third-order valence-electron chi connectivity index (χ3n) is 24.2. The van der Waals surface area contributed by atoms with E-state index in [9.17, 15) is 38.4 Å². The summed E-state index contributed by atoms with van der Waals surface area (Å²) in [6.07, 6.45) is 15.7. The number of rotatable bonds is 11. The number of fused-ring (bicyclic) bond motifs is 4. The SMILES string of the molecule is CC(=O)N(C)[C@H]1CCN(C(=O)c2cnc3c(c2)CCC(C)(C)N3)C1.CC(=O)N(C)[C@H]1CCN(C(=O)c2cnc3c(c2)C[C@](C)(c2ccc(C#N)cc2)N3)C1.CC(=O)N(C)[C@H]1CCN(C(=O)c2cnc3c(c2)C[C@](C)(c2ccccc2)N3)C1.C[C@]1(c2ccc(Cl)cc2)Cc2cc(C(=O)N3CC[C@H](N4CCCC4=O)C3)cnc2N1. The third kappa shape index (κ3) is 17.1. The molecule has 4 N–H and O–H groups in total. The molecular formula is C86H102ClN17O8. The molecule has 586 valence electrons. The average Bonchev–Trinajstić information content (AvgIpc) is 1.63. The van der Waals surface area contributed by atoms with Crippen molar-refractivity contribution in [3.8, 4) is 6.07 Å². The maximum atomic E-state index is 13.1. The number of amides is 8. The molecule has 0 bridgehead atoms. The second-order valence-electron chi connectivity index (χ2n) is 32.8. The van der Waals surface area contributed by atoms with E-state index in [2.05, 4.69) is 94.0 Å². The van der Waals surface area contributed by atoms with Crippen LogP contribution >= 0.6 is 11.6 Å². The highest BCUT2D eigenvalue weighted by molar-refractivity contribution is 6.30. The standard InChI is InChI=1S/C23H25ClN4O2.C23H25N5O2.C22H26N4O2.C18H26N4O2/c1-23(17-4-6-18(24)7-5-17)12-15-11-16(13-25-21(15)26-23)22(30)27-10-8-19(14-27)28-9-2-3-20(28)29;1-15(29)27(3)20-8-9-28(14-20)22(30)18-10-17-11-23(2,26-21(17)25-13-18)19-6-4-16(12-24)5-7-19;1-15(27)25(3)19-9-10-26(14-19)21(28)17-11-16-12-22(2,24-20(16)23-13-17)18-7-5-4-6-8-18;1-12(23)21(4)15-6-8-22(11-15)17(24)14-9-13-5-7-18(2,3)20-16(13)19-10-14/h4-7,11,13,19H,2-3,8-10,12,14H2,1H3,(H,25,26);4-7,10,13,20H,8-9,11,14H2,1-3H3,(H,25,26);4-8,11,13,19H,9-10,12,14H2,1-3H3,(H,23,24);9-10,15H,5-8,11H2,1-4H3,(H,19,20)/t19-,23+;20-,23+;19-,22+;15-/m0000/s1. The van der Waals surface area contributed by atoms with E-state index in [1.807, 2.05) is 111 Å². The van der Waals surface area contributed by atoms with E-state index in [0.717, 1.165) is 121 Å². The van der Waals surface area contributed by atoms with E-state index in [1.54, 1.807) is 86.3 Å². The van der Waals surface area contributed by atoms with Crippen LogP contribution in [0.2, 0.25) is 5.02 Å². The molecule has 5 saturated heterocycles. The van der Waals surface area contributed by atoms with Gasteiger partial charge >= 0.3 is 0 Å². The lowest BCUT2D eigenvalue weighted by Crippen LogP contribution is -2.39. The minimum absolute atomic E-state index is 0.000424. The highest BCUT2D eigenvalue weighted by atomic mass is 35.5. The summed E-state index contributed by atoms with van der Waals surface area (Å²) in [5.74, 6) is 3.61. The molecule has 16 rings (SSSR count). The van der Waals surface area contributed by atoms with Gasteiger partial charge in [-0.3, -0.25) is 38.4 Å². The minimum Gasteiger partial charge on any atom is -0.365 e. The Balaban J connectivity index is 0.000000131. The molecule has 7 aromatic rings. The number of pyridine rings is 4. The van der Waals surface area contributed by atoms with Gasteiger partial charge in [-0.2, -0.15) is 5.26 Å². The van der Waals surface area contributed by atoms with E-state index in [0.29, 0.717) is 98.0 Å². The van der Waals surface area contributed by atoms with Crippen LogP contribution in [0.4, 0.5) is 23.3 Å². The molecule has 9 aliphatic rings. The Kier molecular flexibility index (Phi) is 22.9. The molecule has 0 unspecified atom stereocenters. The summed E-state index contributed by atoms with van der Waals surface area (Å²) in [4.78, 5) is 131. The van der Waals surface area contributed by atoms with Crippen molar-refractivity contribution in [1.82, 2.24) is 59.1 Å². The number of halogens is 1. The van der Waals surface area contributed by atoms with Crippen molar-refractivity contribution in [2.75, 3.05) is 101 Å². The van der Waals surface area contributed by atoms with E-state index in [-0.39, 0.29) is 93.6 Å². The van der Waals surface area contributed by atoms with Crippen molar-refractivity contribution < 1.29 is 38.4 Å². The van der Waals surface area contributed by atoms with Crippen molar-refractivity contribution in [2.45, 2.75) is 172 Å². The lowest BCUT2D eigenvalue weighted by Gasteiger charge is -2.33. The normalized spacial score (nSPS) is 23.3. The lowest BCUT2D eigenvalue weighted by atomic mass is 9.88. The molecular weight excluding hydrogens is 1430 g/mol. The number of nitrogens with zero attached hydrogens (tertiary/aromatic N) is 13. The highest BCUT2D eigenvalue weighted by Crippen LogP contribution is 2.42. The summed E-state index contributed by atoms with van der Waals surface area (Å²) in [6.45, 7) is 21.2. The van der Waals surface area contributed by atoms with Gasteiger partial charge in [-0.15, -0.1) is 0 Å². The van der Waals surface area contributed by atoms with Gasteiger partial charge in [0, 0.05) is 162 Å². The van der Waals surface area contributed by atoms with E-state index < -0.39 is 0 Å². The van der Waals surface area contributed by atoms with Crippen LogP contribution in [0.15, 0.2) is 128 Å². The van der Waals surface area contributed by atoms with Crippen molar-refractivity contribution in [1.29, 1.82) is 5.26 Å². The second-order valence-corrected chi connectivity index (χ2v) is 33.2.